The zero-order valence-corrected chi connectivity index (χ0v) is 12.6. The molecule has 0 spiro atoms. The molecule has 6 heteroatoms. The summed E-state index contributed by atoms with van der Waals surface area (Å²) < 4.78 is 4.72. The molecule has 1 heterocycles. The third kappa shape index (κ3) is 5.46. The van der Waals surface area contributed by atoms with Crippen LogP contribution in [0.3, 0.4) is 0 Å². The van der Waals surface area contributed by atoms with Crippen molar-refractivity contribution in [3.8, 4) is 0 Å². The molecule has 116 valence electrons. The van der Waals surface area contributed by atoms with E-state index in [4.69, 9.17) is 9.84 Å². The molecule has 1 aliphatic heterocycles. The SMILES string of the molecule is COC(=O)C(CC(C)C)NC(=O)CN1CCC(CO)C1. The first-order valence-corrected chi connectivity index (χ1v) is 7.16. The summed E-state index contributed by atoms with van der Waals surface area (Å²) in [6, 6.07) is -0.580. The van der Waals surface area contributed by atoms with E-state index in [2.05, 4.69) is 5.32 Å². The number of aliphatic hydroxyl groups is 1. The van der Waals surface area contributed by atoms with Gasteiger partial charge in [0.2, 0.25) is 5.91 Å². The van der Waals surface area contributed by atoms with Gasteiger partial charge in [-0.3, -0.25) is 9.69 Å². The van der Waals surface area contributed by atoms with E-state index in [0.717, 1.165) is 19.5 Å². The maximum atomic E-state index is 12.0. The minimum atomic E-state index is -0.580. The Morgan fingerprint density at radius 1 is 1.45 bits per heavy atom. The molecule has 20 heavy (non-hydrogen) atoms. The predicted molar refractivity (Wildman–Crippen MR) is 75.0 cm³/mol. The second kappa shape index (κ2) is 8.21. The lowest BCUT2D eigenvalue weighted by molar-refractivity contribution is -0.145. The van der Waals surface area contributed by atoms with Gasteiger partial charge in [0.15, 0.2) is 0 Å². The summed E-state index contributed by atoms with van der Waals surface area (Å²) in [7, 11) is 1.33. The van der Waals surface area contributed by atoms with Gasteiger partial charge >= 0.3 is 5.97 Å². The first-order valence-electron chi connectivity index (χ1n) is 7.16. The fourth-order valence-corrected chi connectivity index (χ4v) is 2.48. The highest BCUT2D eigenvalue weighted by Gasteiger charge is 2.26. The fourth-order valence-electron chi connectivity index (χ4n) is 2.48. The number of aliphatic hydroxyl groups excluding tert-OH is 1. The van der Waals surface area contributed by atoms with E-state index in [1.54, 1.807) is 0 Å². The lowest BCUT2D eigenvalue weighted by Gasteiger charge is -2.20. The van der Waals surface area contributed by atoms with Gasteiger partial charge < -0.3 is 15.2 Å². The highest BCUT2D eigenvalue weighted by Crippen LogP contribution is 2.14. The number of nitrogens with zero attached hydrogens (tertiary/aromatic N) is 1. The van der Waals surface area contributed by atoms with Crippen molar-refractivity contribution in [2.75, 3.05) is 33.4 Å². The van der Waals surface area contributed by atoms with E-state index in [0.29, 0.717) is 12.3 Å². The van der Waals surface area contributed by atoms with Crippen LogP contribution in [0.4, 0.5) is 0 Å². The minimum Gasteiger partial charge on any atom is -0.467 e. The van der Waals surface area contributed by atoms with Gasteiger partial charge in [-0.05, 0) is 31.2 Å². The van der Waals surface area contributed by atoms with Crippen molar-refractivity contribution < 1.29 is 19.4 Å². The van der Waals surface area contributed by atoms with Crippen LogP contribution in [0.2, 0.25) is 0 Å². The quantitative estimate of drug-likeness (QED) is 0.644. The summed E-state index contributed by atoms with van der Waals surface area (Å²) in [5.74, 6) is -0.0128. The lowest BCUT2D eigenvalue weighted by atomic mass is 10.0. The second-order valence-corrected chi connectivity index (χ2v) is 5.85. The number of likely N-dealkylation sites (tertiary alicyclic amines) is 1. The third-order valence-corrected chi connectivity index (χ3v) is 3.52. The number of methoxy groups -OCH3 is 1. The summed E-state index contributed by atoms with van der Waals surface area (Å²) in [5.41, 5.74) is 0. The van der Waals surface area contributed by atoms with E-state index in [1.165, 1.54) is 7.11 Å². The Hall–Kier alpha value is -1.14. The highest BCUT2D eigenvalue weighted by atomic mass is 16.5. The number of rotatable bonds is 7. The molecule has 0 saturated carbocycles. The normalized spacial score (nSPS) is 20.9. The van der Waals surface area contributed by atoms with Gasteiger partial charge in [-0.1, -0.05) is 13.8 Å². The van der Waals surface area contributed by atoms with Crippen molar-refractivity contribution in [1.82, 2.24) is 10.2 Å². The van der Waals surface area contributed by atoms with Gasteiger partial charge in [-0.25, -0.2) is 4.79 Å². The summed E-state index contributed by atoms with van der Waals surface area (Å²) in [6.07, 6.45) is 1.48. The molecule has 1 rings (SSSR count). The fraction of sp³-hybridized carbons (Fsp3) is 0.857. The molecule has 0 aliphatic carbocycles. The van der Waals surface area contributed by atoms with Crippen LogP contribution in [-0.4, -0.2) is 61.3 Å². The number of amides is 1. The lowest BCUT2D eigenvalue weighted by Crippen LogP contribution is -2.46. The molecule has 0 radical (unpaired) electrons. The van der Waals surface area contributed by atoms with Crippen molar-refractivity contribution in [2.45, 2.75) is 32.7 Å². The molecule has 1 amide bonds. The first-order chi connectivity index (χ1) is 9.46. The zero-order valence-electron chi connectivity index (χ0n) is 12.6. The molecule has 2 unspecified atom stereocenters. The summed E-state index contributed by atoms with van der Waals surface area (Å²) >= 11 is 0. The van der Waals surface area contributed by atoms with E-state index >= 15 is 0 Å². The standard InChI is InChI=1S/C14H26N2O4/c1-10(2)6-12(14(19)20-3)15-13(18)8-16-5-4-11(7-16)9-17/h10-12,17H,4-9H2,1-3H3,(H,15,18). The van der Waals surface area contributed by atoms with Crippen LogP contribution in [0.25, 0.3) is 0 Å². The largest absolute Gasteiger partial charge is 0.467 e. The number of hydrogen-bond acceptors (Lipinski definition) is 5. The van der Waals surface area contributed by atoms with Crippen LogP contribution in [-0.2, 0) is 14.3 Å². The zero-order chi connectivity index (χ0) is 15.1. The van der Waals surface area contributed by atoms with Gasteiger partial charge in [-0.2, -0.15) is 0 Å². The molecule has 0 bridgehead atoms. The molecule has 6 nitrogen and oxygen atoms in total. The number of nitrogens with one attached hydrogen (secondary N) is 1. The predicted octanol–water partition coefficient (Wildman–Crippen LogP) is 0.00450. The molecule has 2 N–H and O–H groups in total. The molecule has 1 saturated heterocycles. The number of esters is 1. The molecule has 0 aromatic rings. The molecular formula is C14H26N2O4. The summed E-state index contributed by atoms with van der Waals surface area (Å²) in [6.45, 7) is 5.96. The monoisotopic (exact) mass is 286 g/mol. The third-order valence-electron chi connectivity index (χ3n) is 3.52. The minimum absolute atomic E-state index is 0.163. The van der Waals surface area contributed by atoms with Crippen molar-refractivity contribution in [2.24, 2.45) is 11.8 Å². The van der Waals surface area contributed by atoms with Gasteiger partial charge in [0.1, 0.15) is 6.04 Å². The Balaban J connectivity index is 2.43. The van der Waals surface area contributed by atoms with Crippen LogP contribution in [0.15, 0.2) is 0 Å². The molecule has 0 aromatic carbocycles. The molecule has 2 atom stereocenters. The van der Waals surface area contributed by atoms with Crippen LogP contribution >= 0.6 is 0 Å². The first kappa shape index (κ1) is 16.9. The number of carbonyl (C=O) groups excluding carboxylic acids is 2. The van der Waals surface area contributed by atoms with Crippen molar-refractivity contribution in [3.05, 3.63) is 0 Å². The highest BCUT2D eigenvalue weighted by molar-refractivity contribution is 5.85. The second-order valence-electron chi connectivity index (χ2n) is 5.85. The van der Waals surface area contributed by atoms with Gasteiger partial charge in [0, 0.05) is 13.2 Å². The summed E-state index contributed by atoms with van der Waals surface area (Å²) in [5, 5.41) is 11.8. The Morgan fingerprint density at radius 3 is 2.65 bits per heavy atom. The van der Waals surface area contributed by atoms with Crippen molar-refractivity contribution in [3.63, 3.8) is 0 Å². The Labute approximate surface area is 120 Å². The molecular weight excluding hydrogens is 260 g/mol. The maximum absolute atomic E-state index is 12.0. The number of hydrogen-bond donors (Lipinski definition) is 2. The van der Waals surface area contributed by atoms with Crippen molar-refractivity contribution >= 4 is 11.9 Å². The van der Waals surface area contributed by atoms with Crippen LogP contribution < -0.4 is 5.32 Å². The van der Waals surface area contributed by atoms with E-state index < -0.39 is 12.0 Å². The van der Waals surface area contributed by atoms with Crippen LogP contribution in [0.5, 0.6) is 0 Å². The Bertz CT molecular complexity index is 333. The average molecular weight is 286 g/mol. The number of carbonyl (C=O) groups is 2. The van der Waals surface area contributed by atoms with Gasteiger partial charge in [0.25, 0.3) is 0 Å². The van der Waals surface area contributed by atoms with E-state index in [9.17, 15) is 9.59 Å². The summed E-state index contributed by atoms with van der Waals surface area (Å²) in [4.78, 5) is 25.6. The molecule has 1 aliphatic rings. The van der Waals surface area contributed by atoms with Gasteiger partial charge in [0.05, 0.1) is 13.7 Å². The Kier molecular flexibility index (Phi) is 6.95. The number of ether oxygens (including phenoxy) is 1. The van der Waals surface area contributed by atoms with Crippen LogP contribution in [0, 0.1) is 11.8 Å². The molecule has 1 fully saturated rings. The average Bonchev–Trinajstić information content (AvgIpc) is 2.84. The van der Waals surface area contributed by atoms with E-state index in [1.807, 2.05) is 18.7 Å². The van der Waals surface area contributed by atoms with Gasteiger partial charge in [-0.15, -0.1) is 0 Å². The van der Waals surface area contributed by atoms with Crippen molar-refractivity contribution in [1.29, 1.82) is 0 Å². The van der Waals surface area contributed by atoms with E-state index in [-0.39, 0.29) is 25.0 Å². The topological polar surface area (TPSA) is 78.9 Å². The maximum Gasteiger partial charge on any atom is 0.328 e. The van der Waals surface area contributed by atoms with Crippen LogP contribution in [0.1, 0.15) is 26.7 Å². The Morgan fingerprint density at radius 2 is 2.15 bits per heavy atom. The molecule has 0 aromatic heterocycles. The smallest absolute Gasteiger partial charge is 0.328 e.